The van der Waals surface area contributed by atoms with Crippen LogP contribution in [0.3, 0.4) is 0 Å². The van der Waals surface area contributed by atoms with Crippen LogP contribution in [0.5, 0.6) is 11.5 Å². The number of nitriles is 1. The molecule has 0 aliphatic rings. The molecule has 0 fully saturated rings. The fourth-order valence-electron chi connectivity index (χ4n) is 2.73. The number of nitrogens with zero attached hydrogens (tertiary/aromatic N) is 2. The van der Waals surface area contributed by atoms with Gasteiger partial charge in [-0.3, -0.25) is 0 Å². The fourth-order valence-corrected chi connectivity index (χ4v) is 2.73. The molecular formula is C21H18N2O4. The molecule has 1 aromatic carbocycles. The zero-order valence-electron chi connectivity index (χ0n) is 15.0. The Morgan fingerprint density at radius 2 is 2.07 bits per heavy atom. The fraction of sp³-hybridized carbons (Fsp3) is 0.143. The predicted molar refractivity (Wildman–Crippen MR) is 100 cm³/mol. The third-order valence-electron chi connectivity index (χ3n) is 4.08. The van der Waals surface area contributed by atoms with Gasteiger partial charge in [0.15, 0.2) is 0 Å². The summed E-state index contributed by atoms with van der Waals surface area (Å²) in [6.45, 7) is 0.0213. The summed E-state index contributed by atoms with van der Waals surface area (Å²) in [6, 6.07) is 13.0. The number of hydrogen-bond donors (Lipinski definition) is 0. The van der Waals surface area contributed by atoms with Crippen molar-refractivity contribution in [2.75, 3.05) is 14.2 Å². The molecule has 2 heterocycles. The molecule has 0 saturated carbocycles. The average molecular weight is 362 g/mol. The van der Waals surface area contributed by atoms with Crippen molar-refractivity contribution < 1.29 is 19.0 Å². The van der Waals surface area contributed by atoms with E-state index in [0.29, 0.717) is 22.6 Å². The van der Waals surface area contributed by atoms with Crippen LogP contribution in [0.4, 0.5) is 0 Å². The summed E-state index contributed by atoms with van der Waals surface area (Å²) in [4.78, 5) is 12.1. The van der Waals surface area contributed by atoms with Crippen LogP contribution < -0.4 is 9.47 Å². The lowest BCUT2D eigenvalue weighted by Gasteiger charge is -2.07. The van der Waals surface area contributed by atoms with Crippen LogP contribution in [0.1, 0.15) is 16.7 Å². The predicted octanol–water partition coefficient (Wildman–Crippen LogP) is 3.58. The monoisotopic (exact) mass is 362 g/mol. The molecule has 0 radical (unpaired) electrons. The smallest absolute Gasteiger partial charge is 0.331 e. The maximum Gasteiger partial charge on any atom is 0.331 e. The van der Waals surface area contributed by atoms with Gasteiger partial charge in [0, 0.05) is 35.7 Å². The van der Waals surface area contributed by atoms with Crippen molar-refractivity contribution in [2.45, 2.75) is 6.61 Å². The molecule has 0 bridgehead atoms. The molecule has 0 amide bonds. The number of aromatic nitrogens is 1. The number of benzene rings is 1. The van der Waals surface area contributed by atoms with E-state index in [1.54, 1.807) is 44.7 Å². The summed E-state index contributed by atoms with van der Waals surface area (Å²) < 4.78 is 17.6. The van der Waals surface area contributed by atoms with Crippen molar-refractivity contribution >= 4 is 17.6 Å². The van der Waals surface area contributed by atoms with E-state index in [0.717, 1.165) is 11.1 Å². The van der Waals surface area contributed by atoms with Crippen molar-refractivity contribution in [3.63, 3.8) is 0 Å². The quantitative estimate of drug-likeness (QED) is 0.495. The van der Waals surface area contributed by atoms with Gasteiger partial charge in [-0.2, -0.15) is 5.26 Å². The second kappa shape index (κ2) is 8.11. The van der Waals surface area contributed by atoms with Crippen LogP contribution in [0.15, 0.2) is 54.9 Å². The van der Waals surface area contributed by atoms with E-state index in [9.17, 15) is 10.1 Å². The minimum absolute atomic E-state index is 0.0213. The van der Waals surface area contributed by atoms with Crippen LogP contribution in [0, 0.1) is 11.3 Å². The normalized spacial score (nSPS) is 10.7. The SMILES string of the molecule is COc1ccc(/C=C/C(=O)OCc2cn3ccccc3c2C#N)c(OC)c1. The zero-order valence-corrected chi connectivity index (χ0v) is 15.0. The molecular weight excluding hydrogens is 344 g/mol. The van der Waals surface area contributed by atoms with Crippen molar-refractivity contribution in [2.24, 2.45) is 0 Å². The highest BCUT2D eigenvalue weighted by atomic mass is 16.5. The van der Waals surface area contributed by atoms with Crippen LogP contribution in [-0.2, 0) is 16.1 Å². The largest absolute Gasteiger partial charge is 0.497 e. The van der Waals surface area contributed by atoms with E-state index in [-0.39, 0.29) is 6.61 Å². The van der Waals surface area contributed by atoms with Gasteiger partial charge in [0.2, 0.25) is 0 Å². The van der Waals surface area contributed by atoms with E-state index in [2.05, 4.69) is 6.07 Å². The molecule has 0 aliphatic carbocycles. The van der Waals surface area contributed by atoms with E-state index in [1.807, 2.05) is 28.8 Å². The standard InChI is InChI=1S/C21H18N2O4/c1-25-17-8-6-15(20(11-17)26-2)7-9-21(24)27-14-16-13-23-10-4-3-5-19(23)18(16)12-22/h3-11,13H,14H2,1-2H3/b9-7+. The highest BCUT2D eigenvalue weighted by Crippen LogP contribution is 2.25. The molecule has 2 aromatic heterocycles. The summed E-state index contributed by atoms with van der Waals surface area (Å²) in [6.07, 6.45) is 6.57. The first kappa shape index (κ1) is 18.1. The Labute approximate surface area is 156 Å². The highest BCUT2D eigenvalue weighted by molar-refractivity contribution is 5.87. The van der Waals surface area contributed by atoms with Crippen LogP contribution >= 0.6 is 0 Å². The minimum atomic E-state index is -0.507. The Balaban J connectivity index is 1.70. The lowest BCUT2D eigenvalue weighted by Crippen LogP contribution is -2.01. The molecule has 6 nitrogen and oxygen atoms in total. The molecule has 6 heteroatoms. The van der Waals surface area contributed by atoms with E-state index in [1.165, 1.54) is 6.08 Å². The minimum Gasteiger partial charge on any atom is -0.497 e. The van der Waals surface area contributed by atoms with E-state index < -0.39 is 5.97 Å². The molecule has 0 N–H and O–H groups in total. The lowest BCUT2D eigenvalue weighted by molar-refractivity contribution is -0.138. The first-order valence-corrected chi connectivity index (χ1v) is 8.21. The molecule has 0 aliphatic heterocycles. The molecule has 3 aromatic rings. The second-order valence-corrected chi connectivity index (χ2v) is 5.68. The maximum atomic E-state index is 12.1. The number of methoxy groups -OCH3 is 2. The van der Waals surface area contributed by atoms with Crippen molar-refractivity contribution in [1.29, 1.82) is 5.26 Å². The van der Waals surface area contributed by atoms with Gasteiger partial charge in [-0.15, -0.1) is 0 Å². The molecule has 27 heavy (non-hydrogen) atoms. The average Bonchev–Trinajstić information content (AvgIpc) is 3.07. The third-order valence-corrected chi connectivity index (χ3v) is 4.08. The number of hydrogen-bond acceptors (Lipinski definition) is 5. The zero-order chi connectivity index (χ0) is 19.2. The Kier molecular flexibility index (Phi) is 5.43. The van der Waals surface area contributed by atoms with Gasteiger partial charge in [-0.25, -0.2) is 4.79 Å². The Morgan fingerprint density at radius 3 is 2.81 bits per heavy atom. The van der Waals surface area contributed by atoms with Gasteiger partial charge in [0.05, 0.1) is 25.3 Å². The Hall–Kier alpha value is -3.72. The maximum absolute atomic E-state index is 12.1. The number of carbonyl (C=O) groups excluding carboxylic acids is 1. The van der Waals surface area contributed by atoms with Crippen LogP contribution in [-0.4, -0.2) is 24.6 Å². The number of pyridine rings is 1. The summed E-state index contributed by atoms with van der Waals surface area (Å²) >= 11 is 0. The summed E-state index contributed by atoms with van der Waals surface area (Å²) in [5.74, 6) is 0.743. The first-order valence-electron chi connectivity index (χ1n) is 8.21. The number of ether oxygens (including phenoxy) is 3. The molecule has 0 saturated heterocycles. The third kappa shape index (κ3) is 3.93. The topological polar surface area (TPSA) is 73.0 Å². The molecule has 0 spiro atoms. The number of fused-ring (bicyclic) bond motifs is 1. The summed E-state index contributed by atoms with van der Waals surface area (Å²) in [5, 5.41) is 9.38. The summed E-state index contributed by atoms with van der Waals surface area (Å²) in [5.41, 5.74) is 2.67. The molecule has 0 atom stereocenters. The first-order chi connectivity index (χ1) is 13.2. The van der Waals surface area contributed by atoms with E-state index in [4.69, 9.17) is 14.2 Å². The van der Waals surface area contributed by atoms with Crippen molar-refractivity contribution in [3.05, 3.63) is 71.6 Å². The molecule has 3 rings (SSSR count). The van der Waals surface area contributed by atoms with E-state index >= 15 is 0 Å². The molecule has 136 valence electrons. The van der Waals surface area contributed by atoms with Gasteiger partial charge in [0.25, 0.3) is 0 Å². The van der Waals surface area contributed by atoms with Gasteiger partial charge in [-0.1, -0.05) is 6.07 Å². The molecule has 0 unspecified atom stereocenters. The summed E-state index contributed by atoms with van der Waals surface area (Å²) in [7, 11) is 3.12. The van der Waals surface area contributed by atoms with Crippen LogP contribution in [0.2, 0.25) is 0 Å². The number of rotatable bonds is 6. The van der Waals surface area contributed by atoms with Crippen molar-refractivity contribution in [1.82, 2.24) is 4.40 Å². The van der Waals surface area contributed by atoms with Gasteiger partial charge < -0.3 is 18.6 Å². The Bertz CT molecular complexity index is 1040. The second-order valence-electron chi connectivity index (χ2n) is 5.68. The highest BCUT2D eigenvalue weighted by Gasteiger charge is 2.11. The number of carbonyl (C=O) groups is 1. The lowest BCUT2D eigenvalue weighted by atomic mass is 10.1. The Morgan fingerprint density at radius 1 is 1.22 bits per heavy atom. The van der Waals surface area contributed by atoms with Crippen molar-refractivity contribution in [3.8, 4) is 17.6 Å². The van der Waals surface area contributed by atoms with Gasteiger partial charge in [0.1, 0.15) is 24.2 Å². The van der Waals surface area contributed by atoms with Gasteiger partial charge in [-0.05, 0) is 30.3 Å². The van der Waals surface area contributed by atoms with Crippen LogP contribution in [0.25, 0.3) is 11.6 Å². The van der Waals surface area contributed by atoms with Gasteiger partial charge >= 0.3 is 5.97 Å². The number of esters is 1.